The quantitative estimate of drug-likeness (QED) is 0.835. The first-order chi connectivity index (χ1) is 8.66. The Morgan fingerprint density at radius 2 is 2.06 bits per heavy atom. The van der Waals surface area contributed by atoms with Gasteiger partial charge in [-0.1, -0.05) is 12.1 Å². The highest BCUT2D eigenvalue weighted by atomic mass is 16.1. The van der Waals surface area contributed by atoms with E-state index in [0.29, 0.717) is 12.2 Å². The van der Waals surface area contributed by atoms with Gasteiger partial charge in [-0.05, 0) is 17.7 Å². The minimum Gasteiger partial charge on any atom is -0.378 e. The van der Waals surface area contributed by atoms with Gasteiger partial charge in [0, 0.05) is 26.3 Å². The van der Waals surface area contributed by atoms with Crippen molar-refractivity contribution in [1.29, 1.82) is 0 Å². The van der Waals surface area contributed by atoms with E-state index in [2.05, 4.69) is 20.7 Å². The zero-order chi connectivity index (χ0) is 13.0. The summed E-state index contributed by atoms with van der Waals surface area (Å²) in [7, 11) is 3.97. The highest BCUT2D eigenvalue weighted by molar-refractivity contribution is 5.91. The molecule has 0 radical (unpaired) electrons. The number of aromatic amines is 1. The summed E-state index contributed by atoms with van der Waals surface area (Å²) in [6, 6.07) is 7.99. The van der Waals surface area contributed by atoms with Gasteiger partial charge in [-0.25, -0.2) is 0 Å². The molecule has 0 aliphatic heterocycles. The number of hydrogen-bond donors (Lipinski definition) is 2. The number of carbonyl (C=O) groups is 1. The molecular formula is C12H15N5O. The van der Waals surface area contributed by atoms with Gasteiger partial charge in [-0.3, -0.25) is 4.79 Å². The van der Waals surface area contributed by atoms with Crippen LogP contribution in [0.15, 0.2) is 30.5 Å². The molecule has 0 saturated carbocycles. The Morgan fingerprint density at radius 3 is 2.61 bits per heavy atom. The normalized spacial score (nSPS) is 10.1. The molecule has 0 unspecified atom stereocenters. The van der Waals surface area contributed by atoms with Crippen LogP contribution >= 0.6 is 0 Å². The van der Waals surface area contributed by atoms with Crippen LogP contribution in [0.4, 0.5) is 5.69 Å². The Labute approximate surface area is 105 Å². The summed E-state index contributed by atoms with van der Waals surface area (Å²) in [6.45, 7) is 0.472. The van der Waals surface area contributed by atoms with Crippen LogP contribution in [-0.2, 0) is 6.54 Å². The van der Waals surface area contributed by atoms with Gasteiger partial charge >= 0.3 is 0 Å². The fraction of sp³-hybridized carbons (Fsp3) is 0.250. The summed E-state index contributed by atoms with van der Waals surface area (Å²) in [5.74, 6) is -0.236. The first-order valence-electron chi connectivity index (χ1n) is 5.57. The second kappa shape index (κ2) is 5.31. The predicted octanol–water partition coefficient (Wildman–Crippen LogP) is 0.801. The number of aromatic nitrogens is 3. The van der Waals surface area contributed by atoms with Gasteiger partial charge in [0.2, 0.25) is 0 Å². The minimum absolute atomic E-state index is 0.236. The van der Waals surface area contributed by atoms with E-state index >= 15 is 0 Å². The molecule has 6 nitrogen and oxygen atoms in total. The fourth-order valence-corrected chi connectivity index (χ4v) is 1.50. The van der Waals surface area contributed by atoms with Gasteiger partial charge in [0.15, 0.2) is 5.69 Å². The molecule has 0 atom stereocenters. The standard InChI is InChI=1S/C12H15N5O/c1-17(2)10-5-3-9(4-6-10)7-13-12(18)11-8-14-16-15-11/h3-6,8H,7H2,1-2H3,(H,13,18)(H,14,15,16). The summed E-state index contributed by atoms with van der Waals surface area (Å²) >= 11 is 0. The molecule has 0 aliphatic carbocycles. The number of amides is 1. The van der Waals surface area contributed by atoms with Gasteiger partial charge in [0.05, 0.1) is 6.20 Å². The van der Waals surface area contributed by atoms with Crippen LogP contribution in [-0.4, -0.2) is 35.4 Å². The lowest BCUT2D eigenvalue weighted by Crippen LogP contribution is -2.23. The highest BCUT2D eigenvalue weighted by Gasteiger charge is 2.07. The zero-order valence-corrected chi connectivity index (χ0v) is 10.3. The average Bonchev–Trinajstić information content (AvgIpc) is 2.90. The molecule has 1 aromatic heterocycles. The average molecular weight is 245 g/mol. The van der Waals surface area contributed by atoms with Crippen molar-refractivity contribution < 1.29 is 4.79 Å². The lowest BCUT2D eigenvalue weighted by Gasteiger charge is -2.12. The molecule has 0 saturated heterocycles. The van der Waals surface area contributed by atoms with Crippen LogP contribution < -0.4 is 10.2 Å². The van der Waals surface area contributed by atoms with Crippen molar-refractivity contribution in [3.05, 3.63) is 41.7 Å². The van der Waals surface area contributed by atoms with E-state index in [1.54, 1.807) is 0 Å². The van der Waals surface area contributed by atoms with E-state index in [4.69, 9.17) is 0 Å². The zero-order valence-electron chi connectivity index (χ0n) is 10.3. The van der Waals surface area contributed by atoms with E-state index in [1.165, 1.54) is 6.20 Å². The fourth-order valence-electron chi connectivity index (χ4n) is 1.50. The SMILES string of the molecule is CN(C)c1ccc(CNC(=O)c2cn[nH]n2)cc1. The van der Waals surface area contributed by atoms with Gasteiger partial charge < -0.3 is 10.2 Å². The first-order valence-corrected chi connectivity index (χ1v) is 5.57. The topological polar surface area (TPSA) is 73.9 Å². The molecule has 2 rings (SSSR count). The van der Waals surface area contributed by atoms with E-state index in [9.17, 15) is 4.79 Å². The maximum Gasteiger partial charge on any atom is 0.273 e. The summed E-state index contributed by atoms with van der Waals surface area (Å²) < 4.78 is 0. The molecular weight excluding hydrogens is 230 g/mol. The van der Waals surface area contributed by atoms with Gasteiger partial charge in [0.25, 0.3) is 5.91 Å². The number of anilines is 1. The molecule has 1 aromatic carbocycles. The van der Waals surface area contributed by atoms with Crippen LogP contribution in [0, 0.1) is 0 Å². The Balaban J connectivity index is 1.92. The number of benzene rings is 1. The molecule has 2 N–H and O–H groups in total. The molecule has 0 spiro atoms. The third kappa shape index (κ3) is 2.85. The molecule has 18 heavy (non-hydrogen) atoms. The van der Waals surface area contributed by atoms with Crippen LogP contribution in [0.1, 0.15) is 16.1 Å². The maximum absolute atomic E-state index is 11.6. The molecule has 0 aliphatic rings. The predicted molar refractivity (Wildman–Crippen MR) is 68.3 cm³/mol. The van der Waals surface area contributed by atoms with Crippen molar-refractivity contribution in [2.45, 2.75) is 6.54 Å². The largest absolute Gasteiger partial charge is 0.378 e. The van der Waals surface area contributed by atoms with E-state index in [0.717, 1.165) is 11.3 Å². The molecule has 0 bridgehead atoms. The van der Waals surface area contributed by atoms with Crippen LogP contribution in [0.25, 0.3) is 0 Å². The summed E-state index contributed by atoms with van der Waals surface area (Å²) in [4.78, 5) is 13.6. The highest BCUT2D eigenvalue weighted by Crippen LogP contribution is 2.11. The maximum atomic E-state index is 11.6. The Hall–Kier alpha value is -2.37. The van der Waals surface area contributed by atoms with Crippen molar-refractivity contribution in [1.82, 2.24) is 20.7 Å². The van der Waals surface area contributed by atoms with E-state index in [-0.39, 0.29) is 5.91 Å². The summed E-state index contributed by atoms with van der Waals surface area (Å²) in [5.41, 5.74) is 2.46. The number of rotatable bonds is 4. The summed E-state index contributed by atoms with van der Waals surface area (Å²) in [6.07, 6.45) is 1.39. The van der Waals surface area contributed by atoms with Crippen molar-refractivity contribution in [2.24, 2.45) is 0 Å². The minimum atomic E-state index is -0.236. The van der Waals surface area contributed by atoms with Crippen LogP contribution in [0.5, 0.6) is 0 Å². The van der Waals surface area contributed by atoms with Crippen LogP contribution in [0.3, 0.4) is 0 Å². The lowest BCUT2D eigenvalue weighted by atomic mass is 10.2. The third-order valence-electron chi connectivity index (χ3n) is 2.55. The molecule has 0 fully saturated rings. The van der Waals surface area contributed by atoms with Crippen molar-refractivity contribution in [3.63, 3.8) is 0 Å². The second-order valence-electron chi connectivity index (χ2n) is 4.10. The Morgan fingerprint density at radius 1 is 1.33 bits per heavy atom. The van der Waals surface area contributed by atoms with Crippen molar-refractivity contribution >= 4 is 11.6 Å². The number of carbonyl (C=O) groups excluding carboxylic acids is 1. The molecule has 1 heterocycles. The number of hydrogen-bond acceptors (Lipinski definition) is 4. The van der Waals surface area contributed by atoms with Crippen LogP contribution in [0.2, 0.25) is 0 Å². The molecule has 94 valence electrons. The molecule has 6 heteroatoms. The van der Waals surface area contributed by atoms with Gasteiger partial charge in [-0.15, -0.1) is 0 Å². The second-order valence-corrected chi connectivity index (χ2v) is 4.10. The Bertz CT molecular complexity index is 504. The number of nitrogens with zero attached hydrogens (tertiary/aromatic N) is 3. The van der Waals surface area contributed by atoms with E-state index < -0.39 is 0 Å². The van der Waals surface area contributed by atoms with Crippen molar-refractivity contribution in [2.75, 3.05) is 19.0 Å². The van der Waals surface area contributed by atoms with Gasteiger partial charge in [-0.2, -0.15) is 15.4 Å². The molecule has 1 amide bonds. The van der Waals surface area contributed by atoms with Crippen molar-refractivity contribution in [3.8, 4) is 0 Å². The third-order valence-corrected chi connectivity index (χ3v) is 2.55. The summed E-state index contributed by atoms with van der Waals surface area (Å²) in [5, 5.41) is 12.5. The molecule has 2 aromatic rings. The van der Waals surface area contributed by atoms with E-state index in [1.807, 2.05) is 43.3 Å². The first kappa shape index (κ1) is 12.1. The monoisotopic (exact) mass is 245 g/mol. The Kier molecular flexibility index (Phi) is 3.57. The number of nitrogens with one attached hydrogen (secondary N) is 2. The smallest absolute Gasteiger partial charge is 0.273 e. The lowest BCUT2D eigenvalue weighted by molar-refractivity contribution is 0.0946. The number of H-pyrrole nitrogens is 1. The van der Waals surface area contributed by atoms with Gasteiger partial charge in [0.1, 0.15) is 0 Å².